The monoisotopic (exact) mass is 234 g/mol. The van der Waals surface area contributed by atoms with E-state index in [-0.39, 0.29) is 12.4 Å². The maximum Gasteiger partial charge on any atom is 0.0557 e. The summed E-state index contributed by atoms with van der Waals surface area (Å²) in [5.41, 5.74) is 6.43. The highest BCUT2D eigenvalue weighted by atomic mass is 35.5. The van der Waals surface area contributed by atoms with Crippen molar-refractivity contribution in [2.45, 2.75) is 32.2 Å². The molecule has 0 aromatic heterocycles. The zero-order chi connectivity index (χ0) is 10.0. The van der Waals surface area contributed by atoms with Crippen molar-refractivity contribution in [3.63, 3.8) is 0 Å². The first-order valence-corrected chi connectivity index (χ1v) is 5.80. The second kappa shape index (κ2) is 5.48. The van der Waals surface area contributed by atoms with E-state index in [4.69, 9.17) is 10.5 Å². The van der Waals surface area contributed by atoms with Crippen LogP contribution in [-0.4, -0.2) is 43.8 Å². The molecule has 0 saturated carbocycles. The van der Waals surface area contributed by atoms with E-state index in [2.05, 4.69) is 11.8 Å². The van der Waals surface area contributed by atoms with E-state index in [1.165, 1.54) is 32.4 Å². The molecule has 2 aliphatic heterocycles. The summed E-state index contributed by atoms with van der Waals surface area (Å²) in [6.07, 6.45) is 3.70. The third-order valence-corrected chi connectivity index (χ3v) is 3.67. The molecular formula is C11H23ClN2O. The topological polar surface area (TPSA) is 38.5 Å². The average Bonchev–Trinajstić information content (AvgIpc) is 2.11. The minimum Gasteiger partial charge on any atom is -0.380 e. The number of halogens is 1. The van der Waals surface area contributed by atoms with Crippen LogP contribution < -0.4 is 5.73 Å². The van der Waals surface area contributed by atoms with Crippen LogP contribution in [0.2, 0.25) is 0 Å². The smallest absolute Gasteiger partial charge is 0.0557 e. The van der Waals surface area contributed by atoms with Crippen LogP contribution in [0.25, 0.3) is 0 Å². The van der Waals surface area contributed by atoms with Gasteiger partial charge in [0, 0.05) is 24.5 Å². The molecule has 4 heteroatoms. The third kappa shape index (κ3) is 3.06. The van der Waals surface area contributed by atoms with E-state index in [9.17, 15) is 0 Å². The molecule has 2 saturated heterocycles. The molecule has 1 unspecified atom stereocenters. The predicted molar refractivity (Wildman–Crippen MR) is 64.4 cm³/mol. The number of hydrogen-bond donors (Lipinski definition) is 1. The van der Waals surface area contributed by atoms with E-state index in [0.29, 0.717) is 11.5 Å². The van der Waals surface area contributed by atoms with Crippen molar-refractivity contribution in [1.82, 2.24) is 4.90 Å². The highest BCUT2D eigenvalue weighted by Gasteiger charge is 2.38. The van der Waals surface area contributed by atoms with Gasteiger partial charge >= 0.3 is 0 Å². The van der Waals surface area contributed by atoms with Gasteiger partial charge in [-0.3, -0.25) is 0 Å². The number of ether oxygens (including phenoxy) is 1. The summed E-state index contributed by atoms with van der Waals surface area (Å²) in [5, 5.41) is 0. The Hall–Kier alpha value is 0.170. The van der Waals surface area contributed by atoms with E-state index in [0.717, 1.165) is 19.8 Å². The summed E-state index contributed by atoms with van der Waals surface area (Å²) >= 11 is 0. The first kappa shape index (κ1) is 13.2. The van der Waals surface area contributed by atoms with Gasteiger partial charge in [-0.25, -0.2) is 0 Å². The minimum absolute atomic E-state index is 0. The lowest BCUT2D eigenvalue weighted by Crippen LogP contribution is -2.54. The lowest BCUT2D eigenvalue weighted by atomic mass is 9.82. The number of rotatable bonds is 3. The van der Waals surface area contributed by atoms with Gasteiger partial charge in [-0.2, -0.15) is 0 Å². The number of likely N-dealkylation sites (tertiary alicyclic amines) is 1. The summed E-state index contributed by atoms with van der Waals surface area (Å²) in [6.45, 7) is 7.69. The molecule has 15 heavy (non-hydrogen) atoms. The quantitative estimate of drug-likeness (QED) is 0.799. The lowest BCUT2D eigenvalue weighted by Gasteiger charge is -2.45. The van der Waals surface area contributed by atoms with Crippen LogP contribution in [0.3, 0.4) is 0 Å². The molecule has 0 aromatic carbocycles. The van der Waals surface area contributed by atoms with Gasteiger partial charge in [0.15, 0.2) is 0 Å². The molecule has 3 nitrogen and oxygen atoms in total. The first-order chi connectivity index (χ1) is 6.74. The zero-order valence-electron chi connectivity index (χ0n) is 9.58. The van der Waals surface area contributed by atoms with Gasteiger partial charge in [0.2, 0.25) is 0 Å². The van der Waals surface area contributed by atoms with Crippen LogP contribution in [0.4, 0.5) is 0 Å². The molecule has 90 valence electrons. The summed E-state index contributed by atoms with van der Waals surface area (Å²) in [7, 11) is 0. The van der Waals surface area contributed by atoms with Crippen molar-refractivity contribution in [3.05, 3.63) is 0 Å². The Kier molecular flexibility index (Phi) is 4.84. The van der Waals surface area contributed by atoms with Crippen LogP contribution in [0.15, 0.2) is 0 Å². The maximum absolute atomic E-state index is 5.97. The van der Waals surface area contributed by atoms with Crippen LogP contribution in [0.5, 0.6) is 0 Å². The summed E-state index contributed by atoms with van der Waals surface area (Å²) in [6, 6.07) is 0.402. The fourth-order valence-electron chi connectivity index (χ4n) is 2.51. The third-order valence-electron chi connectivity index (χ3n) is 3.67. The van der Waals surface area contributed by atoms with E-state index in [1.807, 2.05) is 0 Å². The van der Waals surface area contributed by atoms with Crippen molar-refractivity contribution in [3.8, 4) is 0 Å². The van der Waals surface area contributed by atoms with Crippen molar-refractivity contribution < 1.29 is 4.74 Å². The number of piperidine rings is 1. The number of nitrogens with two attached hydrogens (primary N) is 1. The second-order valence-electron chi connectivity index (χ2n) is 4.98. The highest BCUT2D eigenvalue weighted by molar-refractivity contribution is 5.85. The Balaban J connectivity index is 0.00000112. The molecule has 1 atom stereocenters. The summed E-state index contributed by atoms with van der Waals surface area (Å²) in [4.78, 5) is 2.53. The van der Waals surface area contributed by atoms with Gasteiger partial charge in [0.05, 0.1) is 13.2 Å². The molecule has 2 aliphatic rings. The van der Waals surface area contributed by atoms with Crippen molar-refractivity contribution >= 4 is 12.4 Å². The van der Waals surface area contributed by atoms with E-state index >= 15 is 0 Å². The molecule has 0 aliphatic carbocycles. The molecule has 0 bridgehead atoms. The molecule has 2 heterocycles. The first-order valence-electron chi connectivity index (χ1n) is 5.80. The Morgan fingerprint density at radius 3 is 2.67 bits per heavy atom. The van der Waals surface area contributed by atoms with E-state index in [1.54, 1.807) is 0 Å². The fourth-order valence-corrected chi connectivity index (χ4v) is 2.51. The Bertz CT molecular complexity index is 192. The summed E-state index contributed by atoms with van der Waals surface area (Å²) in [5.74, 6) is 0. The number of nitrogens with zero attached hydrogens (tertiary/aromatic N) is 1. The molecule has 0 spiro atoms. The lowest BCUT2D eigenvalue weighted by molar-refractivity contribution is -0.129. The fraction of sp³-hybridized carbons (Fsp3) is 1.00. The predicted octanol–water partition coefficient (Wildman–Crippen LogP) is 1.26. The zero-order valence-corrected chi connectivity index (χ0v) is 10.4. The standard InChI is InChI=1S/C11H22N2O.ClH/c1-2-11(8-14-9-11)7-13-5-3-4-10(12)6-13;/h10H,2-9,12H2,1H3;1H. The minimum atomic E-state index is 0. The molecule has 0 radical (unpaired) electrons. The van der Waals surface area contributed by atoms with Gasteiger partial charge in [-0.05, 0) is 25.8 Å². The Morgan fingerprint density at radius 2 is 2.20 bits per heavy atom. The largest absolute Gasteiger partial charge is 0.380 e. The molecule has 0 amide bonds. The number of hydrogen-bond acceptors (Lipinski definition) is 3. The normalized spacial score (nSPS) is 30.4. The second-order valence-corrected chi connectivity index (χ2v) is 4.98. The van der Waals surface area contributed by atoms with Gasteiger partial charge in [0.25, 0.3) is 0 Å². The Labute approximate surface area is 98.7 Å². The SMILES string of the molecule is CCC1(CN2CCCC(N)C2)COC1.Cl. The molecule has 2 fully saturated rings. The van der Waals surface area contributed by atoms with Crippen LogP contribution in [0.1, 0.15) is 26.2 Å². The summed E-state index contributed by atoms with van der Waals surface area (Å²) < 4.78 is 5.34. The van der Waals surface area contributed by atoms with Gasteiger partial charge in [-0.15, -0.1) is 12.4 Å². The Morgan fingerprint density at radius 1 is 1.47 bits per heavy atom. The van der Waals surface area contributed by atoms with Crippen molar-refractivity contribution in [1.29, 1.82) is 0 Å². The van der Waals surface area contributed by atoms with Crippen LogP contribution in [-0.2, 0) is 4.74 Å². The maximum atomic E-state index is 5.97. The van der Waals surface area contributed by atoms with Crippen LogP contribution in [0, 0.1) is 5.41 Å². The van der Waals surface area contributed by atoms with Gasteiger partial charge in [0.1, 0.15) is 0 Å². The highest BCUT2D eigenvalue weighted by Crippen LogP contribution is 2.32. The molecule has 0 aromatic rings. The van der Waals surface area contributed by atoms with Gasteiger partial charge < -0.3 is 15.4 Å². The van der Waals surface area contributed by atoms with E-state index < -0.39 is 0 Å². The van der Waals surface area contributed by atoms with Crippen molar-refractivity contribution in [2.75, 3.05) is 32.8 Å². The molecule has 2 rings (SSSR count). The molecule has 2 N–H and O–H groups in total. The van der Waals surface area contributed by atoms with Crippen molar-refractivity contribution in [2.24, 2.45) is 11.1 Å². The average molecular weight is 235 g/mol. The molecular weight excluding hydrogens is 212 g/mol. The van der Waals surface area contributed by atoms with Crippen LogP contribution >= 0.6 is 12.4 Å². The van der Waals surface area contributed by atoms with Gasteiger partial charge in [-0.1, -0.05) is 6.92 Å².